The van der Waals surface area contributed by atoms with Gasteiger partial charge in [0.25, 0.3) is 5.91 Å². The van der Waals surface area contributed by atoms with Crippen molar-refractivity contribution >= 4 is 34.8 Å². The van der Waals surface area contributed by atoms with Gasteiger partial charge in [-0.15, -0.1) is 0 Å². The van der Waals surface area contributed by atoms with Gasteiger partial charge in [0.05, 0.1) is 16.4 Å². The molecule has 0 unspecified atom stereocenters. The molecule has 2 aromatic rings. The molecule has 2 amide bonds. The highest BCUT2D eigenvalue weighted by Gasteiger charge is 2.30. The molecule has 2 aromatic carbocycles. The van der Waals surface area contributed by atoms with Gasteiger partial charge in [-0.05, 0) is 31.2 Å². The molecule has 0 saturated carbocycles. The molecule has 118 valence electrons. The molecule has 6 heteroatoms. The lowest BCUT2D eigenvalue weighted by Crippen LogP contribution is -2.47. The van der Waals surface area contributed by atoms with Crippen LogP contribution in [0.1, 0.15) is 6.92 Å². The number of halogens is 1. The second-order valence-corrected chi connectivity index (χ2v) is 5.59. The molecule has 5 nitrogen and oxygen atoms in total. The summed E-state index contributed by atoms with van der Waals surface area (Å²) in [6.45, 7) is 1.60. The van der Waals surface area contributed by atoms with Crippen LogP contribution in [-0.4, -0.2) is 24.5 Å². The summed E-state index contributed by atoms with van der Waals surface area (Å²) in [7, 11) is 0. The summed E-state index contributed by atoms with van der Waals surface area (Å²) in [6.07, 6.45) is -0.770. The maximum Gasteiger partial charge on any atom is 0.268 e. The van der Waals surface area contributed by atoms with Gasteiger partial charge in [-0.3, -0.25) is 14.5 Å². The summed E-state index contributed by atoms with van der Waals surface area (Å²) >= 11 is 6.05. The van der Waals surface area contributed by atoms with Crippen LogP contribution >= 0.6 is 11.6 Å². The summed E-state index contributed by atoms with van der Waals surface area (Å²) in [5.41, 5.74) is 1.27. The van der Waals surface area contributed by atoms with Crippen LogP contribution in [-0.2, 0) is 9.59 Å². The Kier molecular flexibility index (Phi) is 4.21. The lowest BCUT2D eigenvalue weighted by molar-refractivity contribution is -0.126. The van der Waals surface area contributed by atoms with Gasteiger partial charge in [0.15, 0.2) is 6.10 Å². The first-order valence-electron chi connectivity index (χ1n) is 7.17. The molecule has 0 fully saturated rings. The maximum absolute atomic E-state index is 12.7. The van der Waals surface area contributed by atoms with Crippen molar-refractivity contribution in [2.75, 3.05) is 16.8 Å². The van der Waals surface area contributed by atoms with Crippen LogP contribution in [0.5, 0.6) is 5.75 Å². The van der Waals surface area contributed by atoms with Crippen LogP contribution in [0, 0.1) is 0 Å². The number of anilines is 2. The van der Waals surface area contributed by atoms with E-state index in [9.17, 15) is 9.59 Å². The largest absolute Gasteiger partial charge is 0.479 e. The fourth-order valence-electron chi connectivity index (χ4n) is 2.43. The number of amides is 2. The molecule has 1 heterocycles. The van der Waals surface area contributed by atoms with E-state index < -0.39 is 6.10 Å². The highest BCUT2D eigenvalue weighted by atomic mass is 35.5. The maximum atomic E-state index is 12.7. The number of benzene rings is 2. The van der Waals surface area contributed by atoms with E-state index in [1.54, 1.807) is 49.4 Å². The monoisotopic (exact) mass is 330 g/mol. The predicted molar refractivity (Wildman–Crippen MR) is 89.0 cm³/mol. The molecule has 3 rings (SSSR count). The molecule has 0 bridgehead atoms. The Labute approximate surface area is 138 Å². The van der Waals surface area contributed by atoms with Crippen LogP contribution < -0.4 is 15.0 Å². The van der Waals surface area contributed by atoms with Crippen molar-refractivity contribution in [1.29, 1.82) is 0 Å². The van der Waals surface area contributed by atoms with Crippen LogP contribution in [0.3, 0.4) is 0 Å². The molecule has 0 aromatic heterocycles. The Bertz CT molecular complexity index is 763. The SMILES string of the molecule is C[C@@H](Oc1ccccc1Cl)C(=O)N1CC(=O)Nc2ccccc21. The Morgan fingerprint density at radius 2 is 1.91 bits per heavy atom. The number of ether oxygens (including phenoxy) is 1. The lowest BCUT2D eigenvalue weighted by atomic mass is 10.1. The van der Waals surface area contributed by atoms with Crippen molar-refractivity contribution in [3.8, 4) is 5.75 Å². The number of nitrogens with zero attached hydrogens (tertiary/aromatic N) is 1. The fourth-order valence-corrected chi connectivity index (χ4v) is 2.61. The van der Waals surface area contributed by atoms with Gasteiger partial charge in [-0.2, -0.15) is 0 Å². The molecular weight excluding hydrogens is 316 g/mol. The zero-order valence-electron chi connectivity index (χ0n) is 12.5. The standard InChI is InChI=1S/C17H15ClN2O3/c1-11(23-15-9-5-2-6-12(15)18)17(22)20-10-16(21)19-13-7-3-4-8-14(13)20/h2-9,11H,10H2,1H3,(H,19,21)/t11-/m1/s1. The Hall–Kier alpha value is -2.53. The predicted octanol–water partition coefficient (Wildman–Crippen LogP) is 3.09. The molecule has 1 N–H and O–H groups in total. The molecule has 1 aliphatic heterocycles. The average molecular weight is 331 g/mol. The van der Waals surface area contributed by atoms with Gasteiger partial charge in [-0.1, -0.05) is 35.9 Å². The van der Waals surface area contributed by atoms with E-state index in [0.29, 0.717) is 22.1 Å². The number of rotatable bonds is 3. The van der Waals surface area contributed by atoms with E-state index in [1.807, 2.05) is 6.07 Å². The molecule has 0 saturated heterocycles. The first kappa shape index (κ1) is 15.4. The van der Waals surface area contributed by atoms with Gasteiger partial charge >= 0.3 is 0 Å². The van der Waals surface area contributed by atoms with Gasteiger partial charge in [0.2, 0.25) is 5.91 Å². The van der Waals surface area contributed by atoms with Crippen molar-refractivity contribution in [2.24, 2.45) is 0 Å². The van der Waals surface area contributed by atoms with Crippen LogP contribution in [0.4, 0.5) is 11.4 Å². The summed E-state index contributed by atoms with van der Waals surface area (Å²) in [6, 6.07) is 14.1. The molecule has 23 heavy (non-hydrogen) atoms. The number of fused-ring (bicyclic) bond motifs is 1. The van der Waals surface area contributed by atoms with E-state index in [-0.39, 0.29) is 18.4 Å². The molecular formula is C17H15ClN2O3. The first-order chi connectivity index (χ1) is 11.1. The molecule has 1 atom stereocenters. The minimum atomic E-state index is -0.770. The minimum absolute atomic E-state index is 0.0356. The van der Waals surface area contributed by atoms with Gasteiger partial charge < -0.3 is 10.1 Å². The summed E-state index contributed by atoms with van der Waals surface area (Å²) in [4.78, 5) is 25.9. The van der Waals surface area contributed by atoms with E-state index >= 15 is 0 Å². The van der Waals surface area contributed by atoms with Crippen molar-refractivity contribution in [3.63, 3.8) is 0 Å². The highest BCUT2D eigenvalue weighted by molar-refractivity contribution is 6.32. The molecule has 1 aliphatic rings. The number of hydrogen-bond acceptors (Lipinski definition) is 3. The minimum Gasteiger partial charge on any atom is -0.479 e. The third-order valence-corrected chi connectivity index (χ3v) is 3.84. The molecule has 0 aliphatic carbocycles. The third-order valence-electron chi connectivity index (χ3n) is 3.52. The van der Waals surface area contributed by atoms with Crippen LogP contribution in [0.25, 0.3) is 0 Å². The fraction of sp³-hybridized carbons (Fsp3) is 0.176. The number of para-hydroxylation sites is 3. The average Bonchev–Trinajstić information content (AvgIpc) is 2.55. The highest BCUT2D eigenvalue weighted by Crippen LogP contribution is 2.30. The van der Waals surface area contributed by atoms with Crippen molar-refractivity contribution in [3.05, 3.63) is 53.6 Å². The van der Waals surface area contributed by atoms with Crippen molar-refractivity contribution in [1.82, 2.24) is 0 Å². The third kappa shape index (κ3) is 3.14. The lowest BCUT2D eigenvalue weighted by Gasteiger charge is -2.31. The normalized spacial score (nSPS) is 14.7. The number of carbonyl (C=O) groups excluding carboxylic acids is 2. The second-order valence-electron chi connectivity index (χ2n) is 5.18. The molecule has 0 spiro atoms. The topological polar surface area (TPSA) is 58.6 Å². The Morgan fingerprint density at radius 3 is 2.70 bits per heavy atom. The number of hydrogen-bond donors (Lipinski definition) is 1. The first-order valence-corrected chi connectivity index (χ1v) is 7.55. The van der Waals surface area contributed by atoms with Crippen LogP contribution in [0.15, 0.2) is 48.5 Å². The van der Waals surface area contributed by atoms with Crippen molar-refractivity contribution < 1.29 is 14.3 Å². The van der Waals surface area contributed by atoms with Crippen molar-refractivity contribution in [2.45, 2.75) is 13.0 Å². The summed E-state index contributed by atoms with van der Waals surface area (Å²) < 4.78 is 5.66. The van der Waals surface area contributed by atoms with Gasteiger partial charge in [0, 0.05) is 0 Å². The molecule has 0 radical (unpaired) electrons. The summed E-state index contributed by atoms with van der Waals surface area (Å²) in [5.74, 6) is -0.0982. The second kappa shape index (κ2) is 6.30. The van der Waals surface area contributed by atoms with Gasteiger partial charge in [0.1, 0.15) is 12.3 Å². The quantitative estimate of drug-likeness (QED) is 0.940. The van der Waals surface area contributed by atoms with E-state index in [0.717, 1.165) is 0 Å². The van der Waals surface area contributed by atoms with Crippen LogP contribution in [0.2, 0.25) is 5.02 Å². The van der Waals surface area contributed by atoms with E-state index in [2.05, 4.69) is 5.32 Å². The zero-order valence-corrected chi connectivity index (χ0v) is 13.2. The smallest absolute Gasteiger partial charge is 0.268 e. The van der Waals surface area contributed by atoms with Gasteiger partial charge in [-0.25, -0.2) is 0 Å². The number of carbonyl (C=O) groups is 2. The Balaban J connectivity index is 1.83. The van der Waals surface area contributed by atoms with E-state index in [4.69, 9.17) is 16.3 Å². The van der Waals surface area contributed by atoms with E-state index in [1.165, 1.54) is 4.90 Å². The summed E-state index contributed by atoms with van der Waals surface area (Å²) in [5, 5.41) is 3.18. The zero-order chi connectivity index (χ0) is 16.4. The Morgan fingerprint density at radius 1 is 1.22 bits per heavy atom. The number of nitrogens with one attached hydrogen (secondary N) is 1.